The highest BCUT2D eigenvalue weighted by Crippen LogP contribution is 2.26. The summed E-state index contributed by atoms with van der Waals surface area (Å²) in [5.41, 5.74) is 3.64. The number of fused-ring (bicyclic) bond motifs is 1. The van der Waals surface area contributed by atoms with Crippen LogP contribution in [0.4, 0.5) is 5.69 Å². The summed E-state index contributed by atoms with van der Waals surface area (Å²) in [6.45, 7) is 4.55. The minimum Gasteiger partial charge on any atom is -0.326 e. The van der Waals surface area contributed by atoms with Crippen molar-refractivity contribution in [2.45, 2.75) is 31.6 Å². The van der Waals surface area contributed by atoms with Gasteiger partial charge >= 0.3 is 0 Å². The molecule has 0 radical (unpaired) electrons. The van der Waals surface area contributed by atoms with E-state index in [2.05, 4.69) is 15.5 Å². The van der Waals surface area contributed by atoms with Crippen molar-refractivity contribution in [2.75, 3.05) is 18.4 Å². The van der Waals surface area contributed by atoms with Gasteiger partial charge in [0.25, 0.3) is 0 Å². The van der Waals surface area contributed by atoms with Gasteiger partial charge in [0.15, 0.2) is 0 Å². The number of anilines is 1. The van der Waals surface area contributed by atoms with Crippen molar-refractivity contribution >= 4 is 32.5 Å². The zero-order chi connectivity index (χ0) is 20.6. The van der Waals surface area contributed by atoms with Gasteiger partial charge in [-0.05, 0) is 68.1 Å². The molecule has 2 heterocycles. The van der Waals surface area contributed by atoms with Gasteiger partial charge < -0.3 is 5.32 Å². The number of nitrogens with zero attached hydrogens (tertiary/aromatic N) is 2. The third-order valence-corrected chi connectivity index (χ3v) is 7.54. The molecular formula is C21H24N4O3S. The second-order valence-electron chi connectivity index (χ2n) is 7.59. The van der Waals surface area contributed by atoms with E-state index < -0.39 is 10.0 Å². The molecule has 152 valence electrons. The van der Waals surface area contributed by atoms with Crippen LogP contribution in [0.1, 0.15) is 24.0 Å². The van der Waals surface area contributed by atoms with E-state index in [1.807, 2.05) is 38.1 Å². The van der Waals surface area contributed by atoms with Crippen molar-refractivity contribution in [1.29, 1.82) is 0 Å². The number of benzene rings is 2. The van der Waals surface area contributed by atoms with Gasteiger partial charge in [-0.3, -0.25) is 9.89 Å². The van der Waals surface area contributed by atoms with Crippen LogP contribution >= 0.6 is 0 Å². The molecule has 2 aromatic carbocycles. The Hall–Kier alpha value is -2.71. The van der Waals surface area contributed by atoms with E-state index >= 15 is 0 Å². The number of aromatic nitrogens is 2. The highest BCUT2D eigenvalue weighted by Gasteiger charge is 2.32. The molecule has 7 nitrogen and oxygen atoms in total. The third-order valence-electron chi connectivity index (χ3n) is 5.65. The first kappa shape index (κ1) is 19.6. The predicted molar refractivity (Wildman–Crippen MR) is 112 cm³/mol. The zero-order valence-electron chi connectivity index (χ0n) is 16.5. The van der Waals surface area contributed by atoms with Gasteiger partial charge in [0.1, 0.15) is 0 Å². The number of aryl methyl sites for hydroxylation is 2. The minimum atomic E-state index is -3.54. The maximum atomic E-state index is 12.9. The fraction of sp³-hybridized carbons (Fsp3) is 0.333. The van der Waals surface area contributed by atoms with Crippen molar-refractivity contribution < 1.29 is 13.2 Å². The number of carbonyl (C=O) groups is 1. The fourth-order valence-electron chi connectivity index (χ4n) is 3.65. The number of carbonyl (C=O) groups excluding carboxylic acids is 1. The van der Waals surface area contributed by atoms with Crippen LogP contribution in [0.2, 0.25) is 0 Å². The molecule has 29 heavy (non-hydrogen) atoms. The van der Waals surface area contributed by atoms with Crippen LogP contribution in [-0.4, -0.2) is 41.9 Å². The minimum absolute atomic E-state index is 0.0731. The molecule has 1 amide bonds. The number of hydrogen-bond donors (Lipinski definition) is 2. The average Bonchev–Trinajstić information content (AvgIpc) is 3.18. The molecule has 4 rings (SSSR count). The van der Waals surface area contributed by atoms with E-state index in [4.69, 9.17) is 0 Å². The standard InChI is InChI=1S/C21H24N4O3S/c1-14-3-5-19(11-15(14)2)29(27,28)25-9-7-16(8-10-25)21(26)23-18-4-6-20-17(12-18)13-22-24-20/h3-6,11-13,16H,7-10H2,1-2H3,(H,22,24)(H,23,26). The van der Waals surface area contributed by atoms with Gasteiger partial charge in [0.2, 0.25) is 15.9 Å². The molecule has 1 aromatic heterocycles. The molecule has 0 bridgehead atoms. The number of aromatic amines is 1. The first-order valence-corrected chi connectivity index (χ1v) is 11.1. The SMILES string of the molecule is Cc1ccc(S(=O)(=O)N2CCC(C(=O)Nc3ccc4[nH]ncc4c3)CC2)cc1C. The summed E-state index contributed by atoms with van der Waals surface area (Å²) >= 11 is 0. The topological polar surface area (TPSA) is 95.2 Å². The number of hydrogen-bond acceptors (Lipinski definition) is 4. The Kier molecular flexibility index (Phi) is 5.14. The fourth-order valence-corrected chi connectivity index (χ4v) is 5.20. The van der Waals surface area contributed by atoms with Crippen molar-refractivity contribution in [1.82, 2.24) is 14.5 Å². The van der Waals surface area contributed by atoms with Gasteiger partial charge in [0.05, 0.1) is 16.6 Å². The smallest absolute Gasteiger partial charge is 0.243 e. The van der Waals surface area contributed by atoms with Crippen LogP contribution in [-0.2, 0) is 14.8 Å². The van der Waals surface area contributed by atoms with E-state index in [1.54, 1.807) is 18.3 Å². The van der Waals surface area contributed by atoms with Gasteiger partial charge in [0, 0.05) is 30.1 Å². The third kappa shape index (κ3) is 3.90. The number of rotatable bonds is 4. The normalized spacial score (nSPS) is 16.2. The molecule has 1 aliphatic heterocycles. The maximum absolute atomic E-state index is 12.9. The largest absolute Gasteiger partial charge is 0.326 e. The lowest BCUT2D eigenvalue weighted by molar-refractivity contribution is -0.120. The van der Waals surface area contributed by atoms with E-state index in [1.165, 1.54) is 4.31 Å². The number of piperidine rings is 1. The lowest BCUT2D eigenvalue weighted by atomic mass is 9.97. The van der Waals surface area contributed by atoms with Crippen molar-refractivity contribution in [3.8, 4) is 0 Å². The van der Waals surface area contributed by atoms with Crippen LogP contribution < -0.4 is 5.32 Å². The summed E-state index contributed by atoms with van der Waals surface area (Å²) in [5, 5.41) is 10.7. The Bertz CT molecular complexity index is 1160. The van der Waals surface area contributed by atoms with Crippen molar-refractivity contribution in [2.24, 2.45) is 5.92 Å². The monoisotopic (exact) mass is 412 g/mol. The molecule has 0 unspecified atom stereocenters. The second kappa shape index (κ2) is 7.61. The quantitative estimate of drug-likeness (QED) is 0.688. The number of sulfonamides is 1. The summed E-state index contributed by atoms with van der Waals surface area (Å²) in [5.74, 6) is -0.280. The molecule has 0 atom stereocenters. The molecule has 0 spiro atoms. The summed E-state index contributed by atoms with van der Waals surface area (Å²) < 4.78 is 27.4. The number of amides is 1. The van der Waals surface area contributed by atoms with Gasteiger partial charge in [-0.1, -0.05) is 6.07 Å². The molecule has 8 heteroatoms. The van der Waals surface area contributed by atoms with Crippen LogP contribution in [0, 0.1) is 19.8 Å². The van der Waals surface area contributed by atoms with E-state index in [0.29, 0.717) is 36.5 Å². The Morgan fingerprint density at radius 3 is 2.59 bits per heavy atom. The maximum Gasteiger partial charge on any atom is 0.243 e. The molecule has 2 N–H and O–H groups in total. The number of nitrogens with one attached hydrogen (secondary N) is 2. The van der Waals surface area contributed by atoms with E-state index in [0.717, 1.165) is 22.0 Å². The Balaban J connectivity index is 1.40. The van der Waals surface area contributed by atoms with Crippen molar-refractivity contribution in [3.63, 3.8) is 0 Å². The second-order valence-corrected chi connectivity index (χ2v) is 9.52. The van der Waals surface area contributed by atoms with Gasteiger partial charge in [-0.15, -0.1) is 0 Å². The Morgan fingerprint density at radius 1 is 1.10 bits per heavy atom. The van der Waals surface area contributed by atoms with Crippen LogP contribution in [0.5, 0.6) is 0 Å². The molecule has 0 saturated carbocycles. The molecular weight excluding hydrogens is 388 g/mol. The van der Waals surface area contributed by atoms with Crippen LogP contribution in [0.15, 0.2) is 47.5 Å². The Morgan fingerprint density at radius 2 is 1.86 bits per heavy atom. The van der Waals surface area contributed by atoms with Crippen molar-refractivity contribution in [3.05, 3.63) is 53.7 Å². The molecule has 1 fully saturated rings. The zero-order valence-corrected chi connectivity index (χ0v) is 17.3. The summed E-state index contributed by atoms with van der Waals surface area (Å²) in [7, 11) is -3.54. The highest BCUT2D eigenvalue weighted by atomic mass is 32.2. The van der Waals surface area contributed by atoms with Crippen LogP contribution in [0.25, 0.3) is 10.9 Å². The van der Waals surface area contributed by atoms with Gasteiger partial charge in [-0.2, -0.15) is 9.40 Å². The van der Waals surface area contributed by atoms with Crippen LogP contribution in [0.3, 0.4) is 0 Å². The molecule has 3 aromatic rings. The summed E-state index contributed by atoms with van der Waals surface area (Å²) in [6.07, 6.45) is 2.72. The molecule has 0 aliphatic carbocycles. The Labute approximate surface area is 170 Å². The van der Waals surface area contributed by atoms with E-state index in [-0.39, 0.29) is 11.8 Å². The summed E-state index contributed by atoms with van der Waals surface area (Å²) in [4.78, 5) is 13.0. The summed E-state index contributed by atoms with van der Waals surface area (Å²) in [6, 6.07) is 10.8. The first-order chi connectivity index (χ1) is 13.8. The molecule has 1 aliphatic rings. The lowest BCUT2D eigenvalue weighted by Crippen LogP contribution is -2.41. The lowest BCUT2D eigenvalue weighted by Gasteiger charge is -2.30. The first-order valence-electron chi connectivity index (χ1n) is 9.66. The molecule has 1 saturated heterocycles. The predicted octanol–water partition coefficient (Wildman–Crippen LogP) is 3.22. The average molecular weight is 413 g/mol. The van der Waals surface area contributed by atoms with E-state index in [9.17, 15) is 13.2 Å². The number of H-pyrrole nitrogens is 1. The highest BCUT2D eigenvalue weighted by molar-refractivity contribution is 7.89. The van der Waals surface area contributed by atoms with Gasteiger partial charge in [-0.25, -0.2) is 8.42 Å².